The van der Waals surface area contributed by atoms with Crippen LogP contribution in [0.2, 0.25) is 0 Å². The summed E-state index contributed by atoms with van der Waals surface area (Å²) in [7, 11) is 1.65. The molecule has 0 saturated carbocycles. The number of carbonyl (C=O) groups excluding carboxylic acids is 2. The van der Waals surface area contributed by atoms with Crippen molar-refractivity contribution in [2.75, 3.05) is 20.2 Å². The number of hydrogen-bond donors (Lipinski definition) is 2. The van der Waals surface area contributed by atoms with Crippen LogP contribution in [0, 0.1) is 0 Å². The number of carbonyl (C=O) groups is 3. The molecule has 1 atom stereocenters. The summed E-state index contributed by atoms with van der Waals surface area (Å²) in [5, 5.41) is 11.6. The van der Waals surface area contributed by atoms with Gasteiger partial charge < -0.3 is 20.1 Å². The van der Waals surface area contributed by atoms with Gasteiger partial charge >= 0.3 is 12.1 Å². The van der Waals surface area contributed by atoms with E-state index in [1.54, 1.807) is 7.05 Å². The lowest BCUT2D eigenvalue weighted by atomic mass is 9.98. The van der Waals surface area contributed by atoms with E-state index in [1.165, 1.54) is 16.0 Å². The standard InChI is InChI=1S/C26H32N2O5/c1-3-9-18(16-24(29)28(2)15-8-14-25(30)31)27-26(32)33-17-23-21-12-6-4-10-19(21)20-11-5-7-13-22(20)23/h4-7,10-13,18,23H,3,8-9,14-17H2,1-2H3,(H,27,32)(H,30,31)/t18-/m0/s1. The van der Waals surface area contributed by atoms with Crippen LogP contribution in [0.4, 0.5) is 4.79 Å². The number of fused-ring (bicyclic) bond motifs is 3. The fourth-order valence-electron chi connectivity index (χ4n) is 4.34. The van der Waals surface area contributed by atoms with Crippen molar-refractivity contribution < 1.29 is 24.2 Å². The highest BCUT2D eigenvalue weighted by atomic mass is 16.5. The Kier molecular flexibility index (Phi) is 8.46. The molecule has 0 unspecified atom stereocenters. The highest BCUT2D eigenvalue weighted by Gasteiger charge is 2.29. The second-order valence-corrected chi connectivity index (χ2v) is 8.47. The fraction of sp³-hybridized carbons (Fsp3) is 0.423. The van der Waals surface area contributed by atoms with Crippen LogP contribution < -0.4 is 5.32 Å². The number of carboxylic acid groups (broad SMARTS) is 1. The lowest BCUT2D eigenvalue weighted by Gasteiger charge is -2.22. The molecule has 2 N–H and O–H groups in total. The SMILES string of the molecule is CCC[C@@H](CC(=O)N(C)CCCC(=O)O)NC(=O)OCC1c2ccccc2-c2ccccc21. The Bertz CT molecular complexity index is 945. The van der Waals surface area contributed by atoms with Crippen LogP contribution in [0.3, 0.4) is 0 Å². The largest absolute Gasteiger partial charge is 0.481 e. The topological polar surface area (TPSA) is 95.9 Å². The minimum atomic E-state index is -0.878. The minimum Gasteiger partial charge on any atom is -0.481 e. The quantitative estimate of drug-likeness (QED) is 0.527. The van der Waals surface area contributed by atoms with Crippen molar-refractivity contribution in [2.24, 2.45) is 0 Å². The monoisotopic (exact) mass is 452 g/mol. The van der Waals surface area contributed by atoms with Gasteiger partial charge in [-0.15, -0.1) is 0 Å². The number of nitrogens with zero attached hydrogens (tertiary/aromatic N) is 1. The highest BCUT2D eigenvalue weighted by Crippen LogP contribution is 2.44. The van der Waals surface area contributed by atoms with Gasteiger partial charge in [-0.3, -0.25) is 9.59 Å². The van der Waals surface area contributed by atoms with Crippen molar-refractivity contribution in [3.05, 3.63) is 59.7 Å². The molecule has 0 aliphatic heterocycles. The van der Waals surface area contributed by atoms with Crippen molar-refractivity contribution >= 4 is 18.0 Å². The first-order valence-electron chi connectivity index (χ1n) is 11.5. The van der Waals surface area contributed by atoms with Crippen molar-refractivity contribution in [3.8, 4) is 11.1 Å². The number of amides is 2. The van der Waals surface area contributed by atoms with Crippen LogP contribution in [-0.4, -0.2) is 54.2 Å². The van der Waals surface area contributed by atoms with Crippen molar-refractivity contribution in [1.82, 2.24) is 10.2 Å². The third-order valence-corrected chi connectivity index (χ3v) is 6.03. The Balaban J connectivity index is 1.55. The number of alkyl carbamates (subject to hydrolysis) is 1. The number of nitrogens with one attached hydrogen (secondary N) is 1. The van der Waals surface area contributed by atoms with E-state index in [2.05, 4.69) is 29.6 Å². The van der Waals surface area contributed by atoms with Gasteiger partial charge in [-0.25, -0.2) is 4.79 Å². The van der Waals surface area contributed by atoms with E-state index < -0.39 is 12.1 Å². The van der Waals surface area contributed by atoms with Gasteiger partial charge in [-0.2, -0.15) is 0 Å². The number of ether oxygens (including phenoxy) is 1. The molecule has 7 heteroatoms. The molecule has 0 fully saturated rings. The predicted molar refractivity (Wildman–Crippen MR) is 126 cm³/mol. The van der Waals surface area contributed by atoms with Gasteiger partial charge in [0, 0.05) is 38.4 Å². The van der Waals surface area contributed by atoms with Crippen molar-refractivity contribution in [1.29, 1.82) is 0 Å². The average Bonchev–Trinajstić information content (AvgIpc) is 3.11. The van der Waals surface area contributed by atoms with E-state index >= 15 is 0 Å². The van der Waals surface area contributed by atoms with Gasteiger partial charge in [0.05, 0.1) is 0 Å². The van der Waals surface area contributed by atoms with E-state index in [-0.39, 0.29) is 37.3 Å². The Labute approximate surface area is 194 Å². The lowest BCUT2D eigenvalue weighted by Crippen LogP contribution is -2.40. The smallest absolute Gasteiger partial charge is 0.407 e. The van der Waals surface area contributed by atoms with Gasteiger partial charge in [0.2, 0.25) is 5.91 Å². The maximum atomic E-state index is 12.6. The molecule has 0 radical (unpaired) electrons. The van der Waals surface area contributed by atoms with Gasteiger partial charge in [-0.1, -0.05) is 61.9 Å². The summed E-state index contributed by atoms with van der Waals surface area (Å²) in [6.07, 6.45) is 1.51. The number of aliphatic carboxylic acids is 1. The zero-order chi connectivity index (χ0) is 23.8. The maximum Gasteiger partial charge on any atom is 0.407 e. The third kappa shape index (κ3) is 6.34. The van der Waals surface area contributed by atoms with Crippen LogP contribution in [0.1, 0.15) is 56.1 Å². The van der Waals surface area contributed by atoms with E-state index in [0.29, 0.717) is 19.4 Å². The molecule has 2 aromatic carbocycles. The second-order valence-electron chi connectivity index (χ2n) is 8.47. The fourth-order valence-corrected chi connectivity index (χ4v) is 4.34. The first-order chi connectivity index (χ1) is 15.9. The normalized spacial score (nSPS) is 13.0. The van der Waals surface area contributed by atoms with Gasteiger partial charge in [0.1, 0.15) is 6.61 Å². The van der Waals surface area contributed by atoms with Crippen LogP contribution in [0.15, 0.2) is 48.5 Å². The molecule has 2 aromatic rings. The molecule has 0 saturated heterocycles. The number of rotatable bonds is 11. The van der Waals surface area contributed by atoms with Crippen LogP contribution in [0.5, 0.6) is 0 Å². The maximum absolute atomic E-state index is 12.6. The molecule has 1 aliphatic rings. The van der Waals surface area contributed by atoms with E-state index in [1.807, 2.05) is 31.2 Å². The van der Waals surface area contributed by atoms with Crippen molar-refractivity contribution in [3.63, 3.8) is 0 Å². The predicted octanol–water partition coefficient (Wildman–Crippen LogP) is 4.41. The molecule has 0 bridgehead atoms. The first-order valence-corrected chi connectivity index (χ1v) is 11.5. The molecule has 2 amide bonds. The molecule has 7 nitrogen and oxygen atoms in total. The summed E-state index contributed by atoms with van der Waals surface area (Å²) in [5.41, 5.74) is 4.63. The van der Waals surface area contributed by atoms with Crippen molar-refractivity contribution in [2.45, 2.75) is 51.0 Å². The van der Waals surface area contributed by atoms with Gasteiger partial charge in [-0.05, 0) is 35.1 Å². The Hall–Kier alpha value is -3.35. The molecule has 176 valence electrons. The van der Waals surface area contributed by atoms with Crippen LogP contribution >= 0.6 is 0 Å². The molecule has 3 rings (SSSR count). The number of carboxylic acids is 1. The second kappa shape index (κ2) is 11.5. The Morgan fingerprint density at radius 3 is 2.24 bits per heavy atom. The summed E-state index contributed by atoms with van der Waals surface area (Å²) < 4.78 is 5.61. The molecule has 1 aliphatic carbocycles. The Morgan fingerprint density at radius 1 is 1.06 bits per heavy atom. The highest BCUT2D eigenvalue weighted by molar-refractivity contribution is 5.79. The number of benzene rings is 2. The summed E-state index contributed by atoms with van der Waals surface area (Å²) in [6.45, 7) is 2.59. The zero-order valence-corrected chi connectivity index (χ0v) is 19.3. The summed E-state index contributed by atoms with van der Waals surface area (Å²) in [6, 6.07) is 16.0. The molecule has 0 aromatic heterocycles. The van der Waals surface area contributed by atoms with E-state index in [0.717, 1.165) is 17.5 Å². The van der Waals surface area contributed by atoms with Crippen LogP contribution in [0.25, 0.3) is 11.1 Å². The summed E-state index contributed by atoms with van der Waals surface area (Å²) in [4.78, 5) is 37.3. The van der Waals surface area contributed by atoms with E-state index in [4.69, 9.17) is 9.84 Å². The summed E-state index contributed by atoms with van der Waals surface area (Å²) in [5.74, 6) is -1.02. The van der Waals surface area contributed by atoms with Crippen LogP contribution in [-0.2, 0) is 14.3 Å². The zero-order valence-electron chi connectivity index (χ0n) is 19.3. The molecule has 0 heterocycles. The lowest BCUT2D eigenvalue weighted by molar-refractivity contribution is -0.138. The van der Waals surface area contributed by atoms with E-state index in [9.17, 15) is 14.4 Å². The molecule has 33 heavy (non-hydrogen) atoms. The Morgan fingerprint density at radius 2 is 1.67 bits per heavy atom. The van der Waals surface area contributed by atoms with Gasteiger partial charge in [0.25, 0.3) is 0 Å². The molecular weight excluding hydrogens is 420 g/mol. The molecule has 0 spiro atoms. The van der Waals surface area contributed by atoms with Gasteiger partial charge in [0.15, 0.2) is 0 Å². The average molecular weight is 453 g/mol. The first kappa shape index (κ1) is 24.3. The third-order valence-electron chi connectivity index (χ3n) is 6.03. The summed E-state index contributed by atoms with van der Waals surface area (Å²) >= 11 is 0. The number of hydrogen-bond acceptors (Lipinski definition) is 4. The molecular formula is C26H32N2O5. The minimum absolute atomic E-state index is 0.0187.